The van der Waals surface area contributed by atoms with Crippen LogP contribution < -0.4 is 10.1 Å². The standard InChI is InChI=1S/C25H34N2O4/c1-4-30-21-11-9-19(10-12-21)7-8-20-13-15-27(16-14-20)25(29)23(18(2)3)26-24(28)22-6-5-17-31-22/h5-6,9-12,17-18,20,23H,4,7-8,13-16H2,1-3H3,(H,26,28)/t23-/m0/s1. The van der Waals surface area contributed by atoms with Crippen molar-refractivity contribution in [1.29, 1.82) is 0 Å². The van der Waals surface area contributed by atoms with E-state index in [9.17, 15) is 9.59 Å². The predicted molar refractivity (Wildman–Crippen MR) is 120 cm³/mol. The van der Waals surface area contributed by atoms with Gasteiger partial charge in [-0.2, -0.15) is 0 Å². The van der Waals surface area contributed by atoms with Gasteiger partial charge >= 0.3 is 0 Å². The van der Waals surface area contributed by atoms with Gasteiger partial charge < -0.3 is 19.4 Å². The Morgan fingerprint density at radius 2 is 1.87 bits per heavy atom. The van der Waals surface area contributed by atoms with Gasteiger partial charge in [0.15, 0.2) is 5.76 Å². The molecule has 31 heavy (non-hydrogen) atoms. The van der Waals surface area contributed by atoms with E-state index in [1.807, 2.05) is 37.8 Å². The van der Waals surface area contributed by atoms with Crippen LogP contribution in [0.5, 0.6) is 5.75 Å². The molecule has 1 fully saturated rings. The summed E-state index contributed by atoms with van der Waals surface area (Å²) in [6.07, 6.45) is 5.62. The first-order valence-electron chi connectivity index (χ1n) is 11.3. The Hall–Kier alpha value is -2.76. The molecule has 0 saturated carbocycles. The Kier molecular flexibility index (Phi) is 8.15. The highest BCUT2D eigenvalue weighted by Gasteiger charge is 2.31. The Bertz CT molecular complexity index is 822. The lowest BCUT2D eigenvalue weighted by Gasteiger charge is -2.35. The molecule has 1 N–H and O–H groups in total. The fourth-order valence-corrected chi connectivity index (χ4v) is 4.06. The molecule has 1 atom stereocenters. The van der Waals surface area contributed by atoms with E-state index in [0.29, 0.717) is 12.5 Å². The topological polar surface area (TPSA) is 71.8 Å². The molecule has 1 aromatic heterocycles. The molecule has 6 nitrogen and oxygen atoms in total. The highest BCUT2D eigenvalue weighted by atomic mass is 16.5. The number of nitrogens with one attached hydrogen (secondary N) is 1. The average molecular weight is 427 g/mol. The van der Waals surface area contributed by atoms with Gasteiger partial charge in [-0.25, -0.2) is 0 Å². The summed E-state index contributed by atoms with van der Waals surface area (Å²) in [5.41, 5.74) is 1.32. The molecule has 0 aliphatic carbocycles. The van der Waals surface area contributed by atoms with Crippen LogP contribution in [0.4, 0.5) is 0 Å². The third kappa shape index (κ3) is 6.36. The van der Waals surface area contributed by atoms with E-state index in [1.54, 1.807) is 12.1 Å². The largest absolute Gasteiger partial charge is 0.494 e. The van der Waals surface area contributed by atoms with E-state index in [-0.39, 0.29) is 23.5 Å². The predicted octanol–water partition coefficient (Wildman–Crippen LogP) is 4.30. The molecular formula is C25H34N2O4. The number of furan rings is 1. The summed E-state index contributed by atoms with van der Waals surface area (Å²) < 4.78 is 10.7. The number of hydrogen-bond acceptors (Lipinski definition) is 4. The smallest absolute Gasteiger partial charge is 0.287 e. The van der Waals surface area contributed by atoms with Crippen LogP contribution >= 0.6 is 0 Å². The molecule has 0 bridgehead atoms. The van der Waals surface area contributed by atoms with Crippen molar-refractivity contribution in [2.24, 2.45) is 11.8 Å². The molecule has 1 aliphatic rings. The first kappa shape index (κ1) is 22.9. The second kappa shape index (κ2) is 11.0. The monoisotopic (exact) mass is 426 g/mol. The Balaban J connectivity index is 1.47. The van der Waals surface area contributed by atoms with Crippen LogP contribution in [0.15, 0.2) is 47.1 Å². The molecule has 2 aromatic rings. The van der Waals surface area contributed by atoms with Crippen molar-refractivity contribution in [1.82, 2.24) is 10.2 Å². The molecule has 0 unspecified atom stereocenters. The summed E-state index contributed by atoms with van der Waals surface area (Å²) in [7, 11) is 0. The Labute approximate surface area is 184 Å². The first-order valence-corrected chi connectivity index (χ1v) is 11.3. The van der Waals surface area contributed by atoms with Crippen LogP contribution in [0.3, 0.4) is 0 Å². The van der Waals surface area contributed by atoms with E-state index in [2.05, 4.69) is 17.4 Å². The first-order chi connectivity index (χ1) is 15.0. The lowest BCUT2D eigenvalue weighted by Crippen LogP contribution is -2.53. The van der Waals surface area contributed by atoms with Gasteiger partial charge in [-0.05, 0) is 74.3 Å². The van der Waals surface area contributed by atoms with Crippen molar-refractivity contribution in [3.63, 3.8) is 0 Å². The molecule has 2 amide bonds. The molecule has 168 valence electrons. The molecule has 6 heteroatoms. The number of hydrogen-bond donors (Lipinski definition) is 1. The van der Waals surface area contributed by atoms with Crippen molar-refractivity contribution in [3.8, 4) is 5.75 Å². The SMILES string of the molecule is CCOc1ccc(CCC2CCN(C(=O)[C@@H](NC(=O)c3ccco3)C(C)C)CC2)cc1. The lowest BCUT2D eigenvalue weighted by atomic mass is 9.90. The zero-order chi connectivity index (χ0) is 22.2. The molecule has 0 spiro atoms. The molecule has 2 heterocycles. The Morgan fingerprint density at radius 1 is 1.16 bits per heavy atom. The number of ether oxygens (including phenoxy) is 1. The number of aryl methyl sites for hydroxylation is 1. The van der Waals surface area contributed by atoms with Crippen molar-refractivity contribution >= 4 is 11.8 Å². The van der Waals surface area contributed by atoms with E-state index in [4.69, 9.17) is 9.15 Å². The number of likely N-dealkylation sites (tertiary alicyclic amines) is 1. The summed E-state index contributed by atoms with van der Waals surface area (Å²) in [6, 6.07) is 11.1. The molecule has 1 aromatic carbocycles. The molecule has 0 radical (unpaired) electrons. The van der Waals surface area contributed by atoms with Crippen LogP contribution in [-0.4, -0.2) is 42.5 Å². The minimum absolute atomic E-state index is 0.000121. The number of carbonyl (C=O) groups is 2. The number of piperidine rings is 1. The number of nitrogens with zero attached hydrogens (tertiary/aromatic N) is 1. The number of amides is 2. The minimum Gasteiger partial charge on any atom is -0.494 e. The van der Waals surface area contributed by atoms with Crippen LogP contribution in [0.25, 0.3) is 0 Å². The van der Waals surface area contributed by atoms with Gasteiger partial charge in [0.25, 0.3) is 5.91 Å². The summed E-state index contributed by atoms with van der Waals surface area (Å²) >= 11 is 0. The van der Waals surface area contributed by atoms with Gasteiger partial charge in [0.2, 0.25) is 5.91 Å². The summed E-state index contributed by atoms with van der Waals surface area (Å²) in [5, 5.41) is 2.85. The van der Waals surface area contributed by atoms with Crippen LogP contribution in [-0.2, 0) is 11.2 Å². The molecule has 3 rings (SSSR count). The minimum atomic E-state index is -0.544. The van der Waals surface area contributed by atoms with Crippen LogP contribution in [0, 0.1) is 11.8 Å². The van der Waals surface area contributed by atoms with E-state index < -0.39 is 6.04 Å². The summed E-state index contributed by atoms with van der Waals surface area (Å²) in [5.74, 6) is 1.42. The van der Waals surface area contributed by atoms with Gasteiger partial charge in [0.1, 0.15) is 11.8 Å². The van der Waals surface area contributed by atoms with Crippen molar-refractivity contribution in [2.45, 2.75) is 52.5 Å². The van der Waals surface area contributed by atoms with Crippen LogP contribution in [0.2, 0.25) is 0 Å². The second-order valence-electron chi connectivity index (χ2n) is 8.56. The quantitative estimate of drug-likeness (QED) is 0.649. The highest BCUT2D eigenvalue weighted by molar-refractivity contribution is 5.95. The zero-order valence-electron chi connectivity index (χ0n) is 18.8. The summed E-state index contributed by atoms with van der Waals surface area (Å²) in [4.78, 5) is 27.3. The van der Waals surface area contributed by atoms with Crippen molar-refractivity contribution < 1.29 is 18.7 Å². The summed E-state index contributed by atoms with van der Waals surface area (Å²) in [6.45, 7) is 8.06. The maximum Gasteiger partial charge on any atom is 0.287 e. The lowest BCUT2D eigenvalue weighted by molar-refractivity contribution is -0.135. The molecule has 1 aliphatic heterocycles. The number of rotatable bonds is 9. The van der Waals surface area contributed by atoms with E-state index in [1.165, 1.54) is 11.8 Å². The Morgan fingerprint density at radius 3 is 2.45 bits per heavy atom. The normalized spacial score (nSPS) is 15.7. The number of benzene rings is 1. The molecular weight excluding hydrogens is 392 g/mol. The van der Waals surface area contributed by atoms with E-state index >= 15 is 0 Å². The van der Waals surface area contributed by atoms with Crippen LogP contribution in [0.1, 0.15) is 56.2 Å². The van der Waals surface area contributed by atoms with Crippen molar-refractivity contribution in [3.05, 3.63) is 54.0 Å². The maximum absolute atomic E-state index is 13.1. The average Bonchev–Trinajstić information content (AvgIpc) is 3.32. The highest BCUT2D eigenvalue weighted by Crippen LogP contribution is 2.24. The fourth-order valence-electron chi connectivity index (χ4n) is 4.06. The third-order valence-electron chi connectivity index (χ3n) is 5.97. The number of carbonyl (C=O) groups excluding carboxylic acids is 2. The maximum atomic E-state index is 13.1. The third-order valence-corrected chi connectivity index (χ3v) is 5.97. The molecule has 1 saturated heterocycles. The van der Waals surface area contributed by atoms with Crippen molar-refractivity contribution in [2.75, 3.05) is 19.7 Å². The van der Waals surface area contributed by atoms with E-state index in [0.717, 1.165) is 44.5 Å². The second-order valence-corrected chi connectivity index (χ2v) is 8.56. The fraction of sp³-hybridized carbons (Fsp3) is 0.520. The van der Waals surface area contributed by atoms with Gasteiger partial charge in [0, 0.05) is 13.1 Å². The van der Waals surface area contributed by atoms with Gasteiger partial charge in [-0.15, -0.1) is 0 Å². The van der Waals surface area contributed by atoms with Gasteiger partial charge in [-0.3, -0.25) is 9.59 Å². The van der Waals surface area contributed by atoms with Gasteiger partial charge in [-0.1, -0.05) is 26.0 Å². The van der Waals surface area contributed by atoms with Gasteiger partial charge in [0.05, 0.1) is 12.9 Å². The zero-order valence-corrected chi connectivity index (χ0v) is 18.8.